The van der Waals surface area contributed by atoms with Gasteiger partial charge in [-0.05, 0) is 88.3 Å². The zero-order valence-electron chi connectivity index (χ0n) is 18.0. The summed E-state index contributed by atoms with van der Waals surface area (Å²) in [4.78, 5) is 18.1. The second-order valence-electron chi connectivity index (χ2n) is 10.6. The predicted octanol–water partition coefficient (Wildman–Crippen LogP) is 3.67. The van der Waals surface area contributed by atoms with Crippen LogP contribution in [-0.4, -0.2) is 54.0 Å². The normalized spacial score (nSPS) is 36.1. The van der Waals surface area contributed by atoms with Gasteiger partial charge in [0.15, 0.2) is 0 Å². The van der Waals surface area contributed by atoms with Crippen LogP contribution in [0, 0.1) is 17.8 Å². The molecule has 4 saturated carbocycles. The standard InChI is InChI=1S/C25H37N3O/c1-27(18-19-6-3-2-4-7-19)10-11-28-9-5-8-23(28)24(29)26-25-15-20-12-21(16-25)14-22(13-20)17-25/h2-4,6-7,20-23H,5,8-18H2,1H3,(H,26,29). The summed E-state index contributed by atoms with van der Waals surface area (Å²) in [6, 6.07) is 10.7. The van der Waals surface area contributed by atoms with E-state index in [0.29, 0.717) is 5.91 Å². The number of nitrogens with zero attached hydrogens (tertiary/aromatic N) is 2. The van der Waals surface area contributed by atoms with E-state index in [-0.39, 0.29) is 11.6 Å². The van der Waals surface area contributed by atoms with Crippen LogP contribution < -0.4 is 5.32 Å². The first-order valence-corrected chi connectivity index (χ1v) is 11.9. The fourth-order valence-electron chi connectivity index (χ4n) is 7.27. The van der Waals surface area contributed by atoms with E-state index in [2.05, 4.69) is 52.5 Å². The Morgan fingerprint density at radius 1 is 1.10 bits per heavy atom. The van der Waals surface area contributed by atoms with Gasteiger partial charge in [-0.1, -0.05) is 30.3 Å². The number of carbonyl (C=O) groups excluding carboxylic acids is 1. The van der Waals surface area contributed by atoms with Gasteiger partial charge in [-0.3, -0.25) is 9.69 Å². The highest BCUT2D eigenvalue weighted by Gasteiger charge is 2.52. The monoisotopic (exact) mass is 395 g/mol. The Hall–Kier alpha value is -1.39. The summed E-state index contributed by atoms with van der Waals surface area (Å²) >= 11 is 0. The summed E-state index contributed by atoms with van der Waals surface area (Å²) in [5.74, 6) is 2.98. The van der Waals surface area contributed by atoms with Crippen LogP contribution in [0.2, 0.25) is 0 Å². The number of carbonyl (C=O) groups is 1. The van der Waals surface area contributed by atoms with Crippen LogP contribution in [-0.2, 0) is 11.3 Å². The third kappa shape index (κ3) is 4.25. The van der Waals surface area contributed by atoms with Gasteiger partial charge in [-0.2, -0.15) is 0 Å². The van der Waals surface area contributed by atoms with Crippen LogP contribution >= 0.6 is 0 Å². The summed E-state index contributed by atoms with van der Waals surface area (Å²) < 4.78 is 0. The number of nitrogens with one attached hydrogen (secondary N) is 1. The SMILES string of the molecule is CN(CCN1CCCC1C(=O)NC12CC3CC(CC(C3)C1)C2)Cc1ccccc1. The van der Waals surface area contributed by atoms with E-state index in [9.17, 15) is 4.79 Å². The Bertz CT molecular complexity index is 683. The molecular formula is C25H37N3O. The first-order valence-electron chi connectivity index (χ1n) is 11.9. The molecule has 4 nitrogen and oxygen atoms in total. The highest BCUT2D eigenvalue weighted by molar-refractivity contribution is 5.82. The highest BCUT2D eigenvalue weighted by Crippen LogP contribution is 2.55. The number of amides is 1. The molecule has 4 aliphatic carbocycles. The van der Waals surface area contributed by atoms with Crippen LogP contribution in [0.25, 0.3) is 0 Å². The van der Waals surface area contributed by atoms with E-state index in [1.165, 1.54) is 44.1 Å². The largest absolute Gasteiger partial charge is 0.349 e. The minimum absolute atomic E-state index is 0.0909. The third-order valence-electron chi connectivity index (χ3n) is 8.16. The predicted molar refractivity (Wildman–Crippen MR) is 116 cm³/mol. The minimum atomic E-state index is 0.0909. The second-order valence-corrected chi connectivity index (χ2v) is 10.6. The lowest BCUT2D eigenvalue weighted by Gasteiger charge is -2.57. The van der Waals surface area contributed by atoms with E-state index in [0.717, 1.165) is 56.8 Å². The lowest BCUT2D eigenvalue weighted by Crippen LogP contribution is -2.62. The molecule has 1 saturated heterocycles. The molecule has 6 rings (SSSR count). The minimum Gasteiger partial charge on any atom is -0.349 e. The summed E-state index contributed by atoms with van der Waals surface area (Å²) in [5, 5.41) is 3.63. The van der Waals surface area contributed by atoms with Gasteiger partial charge in [0.25, 0.3) is 0 Å². The molecule has 0 aromatic heterocycles. The number of hydrogen-bond acceptors (Lipinski definition) is 3. The van der Waals surface area contributed by atoms with Crippen molar-refractivity contribution in [2.24, 2.45) is 17.8 Å². The van der Waals surface area contributed by atoms with Gasteiger partial charge in [-0.25, -0.2) is 0 Å². The van der Waals surface area contributed by atoms with Gasteiger partial charge >= 0.3 is 0 Å². The van der Waals surface area contributed by atoms with Crippen molar-refractivity contribution in [3.63, 3.8) is 0 Å². The van der Waals surface area contributed by atoms with E-state index in [4.69, 9.17) is 0 Å². The molecule has 1 unspecified atom stereocenters. The fraction of sp³-hybridized carbons (Fsp3) is 0.720. The number of likely N-dealkylation sites (tertiary alicyclic amines) is 1. The van der Waals surface area contributed by atoms with Crippen molar-refractivity contribution in [2.75, 3.05) is 26.7 Å². The maximum absolute atomic E-state index is 13.3. The fourth-order valence-corrected chi connectivity index (χ4v) is 7.27. The average molecular weight is 396 g/mol. The zero-order chi connectivity index (χ0) is 19.8. The van der Waals surface area contributed by atoms with Crippen molar-refractivity contribution in [1.82, 2.24) is 15.1 Å². The molecule has 4 heteroatoms. The Morgan fingerprint density at radius 3 is 2.41 bits per heavy atom. The van der Waals surface area contributed by atoms with E-state index in [1.807, 2.05) is 0 Å². The highest BCUT2D eigenvalue weighted by atomic mass is 16.2. The molecule has 1 aromatic carbocycles. The van der Waals surface area contributed by atoms with Gasteiger partial charge in [0.05, 0.1) is 6.04 Å². The number of benzene rings is 1. The maximum Gasteiger partial charge on any atom is 0.237 e. The van der Waals surface area contributed by atoms with Gasteiger partial charge in [0.1, 0.15) is 0 Å². The van der Waals surface area contributed by atoms with Crippen molar-refractivity contribution >= 4 is 5.91 Å². The first kappa shape index (κ1) is 19.6. The smallest absolute Gasteiger partial charge is 0.237 e. The van der Waals surface area contributed by atoms with E-state index >= 15 is 0 Å². The van der Waals surface area contributed by atoms with Crippen molar-refractivity contribution < 1.29 is 4.79 Å². The van der Waals surface area contributed by atoms with Crippen LogP contribution in [0.3, 0.4) is 0 Å². The van der Waals surface area contributed by atoms with Crippen molar-refractivity contribution in [3.8, 4) is 0 Å². The molecule has 1 atom stereocenters. The van der Waals surface area contributed by atoms with Gasteiger partial charge < -0.3 is 10.2 Å². The maximum atomic E-state index is 13.3. The van der Waals surface area contributed by atoms with E-state index < -0.39 is 0 Å². The molecular weight excluding hydrogens is 358 g/mol. The summed E-state index contributed by atoms with van der Waals surface area (Å²) in [7, 11) is 2.19. The lowest BCUT2D eigenvalue weighted by atomic mass is 9.53. The second kappa shape index (κ2) is 8.03. The van der Waals surface area contributed by atoms with Gasteiger partial charge in [0, 0.05) is 25.2 Å². The first-order chi connectivity index (χ1) is 14.1. The molecule has 0 radical (unpaired) electrons. The van der Waals surface area contributed by atoms with E-state index in [1.54, 1.807) is 0 Å². The number of hydrogen-bond donors (Lipinski definition) is 1. The average Bonchev–Trinajstić information content (AvgIpc) is 3.14. The Labute approximate surface area is 176 Å². The topological polar surface area (TPSA) is 35.6 Å². The van der Waals surface area contributed by atoms with Crippen molar-refractivity contribution in [2.45, 2.75) is 69.5 Å². The Balaban J connectivity index is 1.15. The van der Waals surface area contributed by atoms with Gasteiger partial charge in [0.2, 0.25) is 5.91 Å². The molecule has 29 heavy (non-hydrogen) atoms. The van der Waals surface area contributed by atoms with Crippen LogP contribution in [0.4, 0.5) is 0 Å². The quantitative estimate of drug-likeness (QED) is 0.765. The Kier molecular flexibility index (Phi) is 5.42. The third-order valence-corrected chi connectivity index (χ3v) is 8.16. The Morgan fingerprint density at radius 2 is 1.76 bits per heavy atom. The molecule has 1 amide bonds. The molecule has 1 N–H and O–H groups in total. The molecule has 1 aromatic rings. The lowest BCUT2D eigenvalue weighted by molar-refractivity contribution is -0.131. The molecule has 1 aliphatic heterocycles. The molecule has 5 aliphatic rings. The molecule has 0 spiro atoms. The molecule has 5 fully saturated rings. The summed E-state index contributed by atoms with van der Waals surface area (Å²) in [5.41, 5.74) is 1.50. The molecule has 4 bridgehead atoms. The number of rotatable bonds is 7. The molecule has 1 heterocycles. The van der Waals surface area contributed by atoms with Crippen LogP contribution in [0.5, 0.6) is 0 Å². The van der Waals surface area contributed by atoms with Crippen LogP contribution in [0.15, 0.2) is 30.3 Å². The number of likely N-dealkylation sites (N-methyl/N-ethyl adjacent to an activating group) is 1. The molecule has 158 valence electrons. The summed E-state index contributed by atoms with van der Waals surface area (Å²) in [6.07, 6.45) is 10.2. The van der Waals surface area contributed by atoms with Crippen molar-refractivity contribution in [1.29, 1.82) is 0 Å². The zero-order valence-corrected chi connectivity index (χ0v) is 18.0. The van der Waals surface area contributed by atoms with Crippen molar-refractivity contribution in [3.05, 3.63) is 35.9 Å². The summed E-state index contributed by atoms with van der Waals surface area (Å²) in [6.45, 7) is 4.04. The van der Waals surface area contributed by atoms with Crippen LogP contribution in [0.1, 0.15) is 56.9 Å². The van der Waals surface area contributed by atoms with Gasteiger partial charge in [-0.15, -0.1) is 0 Å².